The van der Waals surface area contributed by atoms with Gasteiger partial charge in [-0.25, -0.2) is 0 Å². The molecule has 0 atom stereocenters. The molecule has 110 valence electrons. The molecule has 0 aliphatic heterocycles. The molecule has 1 heterocycles. The largest absolute Gasteiger partial charge is 0.319 e. The number of aryl methyl sites for hydroxylation is 1. The summed E-state index contributed by atoms with van der Waals surface area (Å²) < 4.78 is 1.43. The van der Waals surface area contributed by atoms with Gasteiger partial charge in [0.15, 0.2) is 0 Å². The number of aromatic nitrogens is 2. The van der Waals surface area contributed by atoms with Crippen LogP contribution in [0, 0.1) is 24.0 Å². The van der Waals surface area contributed by atoms with Crippen LogP contribution in [-0.4, -0.2) is 20.6 Å². The average Bonchev–Trinajstić information content (AvgIpc) is 2.72. The van der Waals surface area contributed by atoms with Crippen molar-refractivity contribution < 1.29 is 9.72 Å². The lowest BCUT2D eigenvalue weighted by Gasteiger charge is -2.08. The van der Waals surface area contributed by atoms with Gasteiger partial charge in [-0.3, -0.25) is 19.6 Å². The molecule has 0 spiro atoms. The van der Waals surface area contributed by atoms with Crippen LogP contribution < -0.4 is 5.32 Å². The van der Waals surface area contributed by atoms with Gasteiger partial charge in [0.05, 0.1) is 21.8 Å². The SMILES string of the molecule is Cc1ccc(NC(=O)Cn2ncc(Cl)c2C)c([N+](=O)[O-])c1. The number of amides is 1. The first-order chi connectivity index (χ1) is 9.88. The van der Waals surface area contributed by atoms with Crippen LogP contribution in [0.3, 0.4) is 0 Å². The van der Waals surface area contributed by atoms with E-state index < -0.39 is 10.8 Å². The van der Waals surface area contributed by atoms with Crippen molar-refractivity contribution in [2.45, 2.75) is 20.4 Å². The fraction of sp³-hybridized carbons (Fsp3) is 0.231. The molecule has 1 aromatic carbocycles. The number of rotatable bonds is 4. The van der Waals surface area contributed by atoms with E-state index in [2.05, 4.69) is 10.4 Å². The van der Waals surface area contributed by atoms with Crippen LogP contribution in [0.15, 0.2) is 24.4 Å². The van der Waals surface area contributed by atoms with Gasteiger partial charge in [-0.1, -0.05) is 17.7 Å². The number of hydrogen-bond acceptors (Lipinski definition) is 4. The normalized spacial score (nSPS) is 10.4. The molecule has 1 aromatic heterocycles. The Morgan fingerprint density at radius 3 is 2.76 bits per heavy atom. The molecule has 0 aliphatic rings. The van der Waals surface area contributed by atoms with Crippen LogP contribution in [0.4, 0.5) is 11.4 Å². The summed E-state index contributed by atoms with van der Waals surface area (Å²) in [6.07, 6.45) is 1.44. The first-order valence-corrected chi connectivity index (χ1v) is 6.49. The van der Waals surface area contributed by atoms with Gasteiger partial charge in [0.25, 0.3) is 5.69 Å². The van der Waals surface area contributed by atoms with E-state index in [0.29, 0.717) is 10.7 Å². The monoisotopic (exact) mass is 308 g/mol. The molecule has 21 heavy (non-hydrogen) atoms. The van der Waals surface area contributed by atoms with Crippen molar-refractivity contribution in [2.75, 3.05) is 5.32 Å². The number of halogens is 1. The van der Waals surface area contributed by atoms with Crippen molar-refractivity contribution >= 4 is 28.9 Å². The van der Waals surface area contributed by atoms with E-state index in [0.717, 1.165) is 5.56 Å². The average molecular weight is 309 g/mol. The zero-order valence-electron chi connectivity index (χ0n) is 11.5. The van der Waals surface area contributed by atoms with Gasteiger partial charge < -0.3 is 5.32 Å². The van der Waals surface area contributed by atoms with Crippen LogP contribution in [0.2, 0.25) is 5.02 Å². The van der Waals surface area contributed by atoms with Crippen molar-refractivity contribution in [1.82, 2.24) is 9.78 Å². The second-order valence-corrected chi connectivity index (χ2v) is 4.97. The Bertz CT molecular complexity index is 711. The third-order valence-electron chi connectivity index (χ3n) is 2.96. The number of hydrogen-bond donors (Lipinski definition) is 1. The standard InChI is InChI=1S/C13H13ClN4O3/c1-8-3-4-11(12(5-8)18(20)21)16-13(19)7-17-9(2)10(14)6-15-17/h3-6H,7H2,1-2H3,(H,16,19). The highest BCUT2D eigenvalue weighted by Crippen LogP contribution is 2.25. The summed E-state index contributed by atoms with van der Waals surface area (Å²) in [6, 6.07) is 4.61. The maximum atomic E-state index is 12.0. The number of anilines is 1. The maximum absolute atomic E-state index is 12.0. The van der Waals surface area contributed by atoms with E-state index in [4.69, 9.17) is 11.6 Å². The van der Waals surface area contributed by atoms with Gasteiger partial charge >= 0.3 is 0 Å². The lowest BCUT2D eigenvalue weighted by atomic mass is 10.2. The van der Waals surface area contributed by atoms with Crippen LogP contribution in [0.1, 0.15) is 11.3 Å². The highest BCUT2D eigenvalue weighted by molar-refractivity contribution is 6.31. The molecule has 1 amide bonds. The van der Waals surface area contributed by atoms with Gasteiger partial charge in [0, 0.05) is 6.07 Å². The molecule has 0 saturated carbocycles. The Morgan fingerprint density at radius 2 is 2.19 bits per heavy atom. The van der Waals surface area contributed by atoms with Crippen LogP contribution >= 0.6 is 11.6 Å². The maximum Gasteiger partial charge on any atom is 0.293 e. The molecular formula is C13H13ClN4O3. The summed E-state index contributed by atoms with van der Waals surface area (Å²) in [6.45, 7) is 3.41. The molecule has 0 fully saturated rings. The fourth-order valence-electron chi connectivity index (χ4n) is 1.81. The number of nitro benzene ring substituents is 1. The van der Waals surface area contributed by atoms with E-state index in [-0.39, 0.29) is 17.9 Å². The van der Waals surface area contributed by atoms with Crippen molar-refractivity contribution in [3.05, 3.63) is 50.8 Å². The van der Waals surface area contributed by atoms with Crippen LogP contribution in [0.5, 0.6) is 0 Å². The van der Waals surface area contributed by atoms with E-state index in [1.54, 1.807) is 19.9 Å². The second-order valence-electron chi connectivity index (χ2n) is 4.56. The van der Waals surface area contributed by atoms with Crippen molar-refractivity contribution in [3.63, 3.8) is 0 Å². The molecule has 2 rings (SSSR count). The van der Waals surface area contributed by atoms with Crippen molar-refractivity contribution in [1.29, 1.82) is 0 Å². The summed E-state index contributed by atoms with van der Waals surface area (Å²) in [5, 5.41) is 17.9. The number of nitro groups is 1. The topological polar surface area (TPSA) is 90.1 Å². The van der Waals surface area contributed by atoms with Gasteiger partial charge in [-0.2, -0.15) is 5.10 Å². The molecular weight excluding hydrogens is 296 g/mol. The minimum Gasteiger partial charge on any atom is -0.319 e. The third-order valence-corrected chi connectivity index (χ3v) is 3.33. The lowest BCUT2D eigenvalue weighted by Crippen LogP contribution is -2.20. The second kappa shape index (κ2) is 5.92. The number of nitrogens with zero attached hydrogens (tertiary/aromatic N) is 3. The highest BCUT2D eigenvalue weighted by atomic mass is 35.5. The van der Waals surface area contributed by atoms with Crippen LogP contribution in [-0.2, 0) is 11.3 Å². The first-order valence-electron chi connectivity index (χ1n) is 6.11. The molecule has 1 N–H and O–H groups in total. The minimum absolute atomic E-state index is 0.0659. The quantitative estimate of drug-likeness (QED) is 0.694. The van der Waals surface area contributed by atoms with Crippen molar-refractivity contribution in [3.8, 4) is 0 Å². The van der Waals surface area contributed by atoms with Gasteiger partial charge in [0.2, 0.25) is 5.91 Å². The Kier molecular flexibility index (Phi) is 4.23. The Labute approximate surface area is 125 Å². The Morgan fingerprint density at radius 1 is 1.48 bits per heavy atom. The fourth-order valence-corrected chi connectivity index (χ4v) is 1.95. The lowest BCUT2D eigenvalue weighted by molar-refractivity contribution is -0.384. The molecule has 0 aliphatic carbocycles. The van der Waals surface area contributed by atoms with Gasteiger partial charge in [0.1, 0.15) is 12.2 Å². The van der Waals surface area contributed by atoms with Gasteiger partial charge in [-0.05, 0) is 25.5 Å². The highest BCUT2D eigenvalue weighted by Gasteiger charge is 2.17. The van der Waals surface area contributed by atoms with Gasteiger partial charge in [-0.15, -0.1) is 0 Å². The molecule has 0 saturated heterocycles. The zero-order valence-corrected chi connectivity index (χ0v) is 12.2. The zero-order chi connectivity index (χ0) is 15.6. The summed E-state index contributed by atoms with van der Waals surface area (Å²) >= 11 is 5.85. The molecule has 0 unspecified atom stereocenters. The summed E-state index contributed by atoms with van der Waals surface area (Å²) in [7, 11) is 0. The Hall–Kier alpha value is -2.41. The van der Waals surface area contributed by atoms with E-state index >= 15 is 0 Å². The van der Waals surface area contributed by atoms with E-state index in [1.165, 1.54) is 23.0 Å². The first kappa shape index (κ1) is 15.0. The number of carbonyl (C=O) groups excluding carboxylic acids is 1. The molecule has 8 heteroatoms. The van der Waals surface area contributed by atoms with Crippen molar-refractivity contribution in [2.24, 2.45) is 0 Å². The third kappa shape index (κ3) is 3.38. The number of benzene rings is 1. The predicted molar refractivity (Wildman–Crippen MR) is 78.4 cm³/mol. The summed E-state index contributed by atoms with van der Waals surface area (Å²) in [4.78, 5) is 22.4. The predicted octanol–water partition coefficient (Wildman–Crippen LogP) is 2.70. The van der Waals surface area contributed by atoms with E-state index in [1.807, 2.05) is 0 Å². The summed E-state index contributed by atoms with van der Waals surface area (Å²) in [5.41, 5.74) is 1.42. The Balaban J connectivity index is 2.17. The number of carbonyl (C=O) groups is 1. The molecule has 0 bridgehead atoms. The molecule has 2 aromatic rings. The molecule has 0 radical (unpaired) electrons. The minimum atomic E-state index is -0.529. The smallest absolute Gasteiger partial charge is 0.293 e. The van der Waals surface area contributed by atoms with E-state index in [9.17, 15) is 14.9 Å². The van der Waals surface area contributed by atoms with Crippen LogP contribution in [0.25, 0.3) is 0 Å². The molecule has 7 nitrogen and oxygen atoms in total. The summed E-state index contributed by atoms with van der Waals surface area (Å²) in [5.74, 6) is -0.412. The number of nitrogens with one attached hydrogen (secondary N) is 1.